The van der Waals surface area contributed by atoms with E-state index in [0.717, 1.165) is 6.42 Å². The number of ether oxygens (including phenoxy) is 1. The highest BCUT2D eigenvalue weighted by Gasteiger charge is 2.47. The molecule has 1 heterocycles. The molecule has 1 saturated heterocycles. The molecule has 0 spiro atoms. The predicted molar refractivity (Wildman–Crippen MR) is 73.7 cm³/mol. The van der Waals surface area contributed by atoms with Gasteiger partial charge in [0.15, 0.2) is 0 Å². The van der Waals surface area contributed by atoms with Crippen LogP contribution in [0.25, 0.3) is 0 Å². The van der Waals surface area contributed by atoms with E-state index in [9.17, 15) is 9.59 Å². The van der Waals surface area contributed by atoms with Gasteiger partial charge in [0.1, 0.15) is 11.6 Å². The van der Waals surface area contributed by atoms with Crippen molar-refractivity contribution < 1.29 is 14.3 Å². The molecule has 2 unspecified atom stereocenters. The number of nitrogens with one attached hydrogen (secondary N) is 1. The van der Waals surface area contributed by atoms with E-state index >= 15 is 0 Å². The molecule has 2 amide bonds. The van der Waals surface area contributed by atoms with Crippen molar-refractivity contribution in [2.45, 2.75) is 58.5 Å². The normalized spacial score (nSPS) is 27.6. The van der Waals surface area contributed by atoms with Gasteiger partial charge in [-0.25, -0.2) is 0 Å². The fourth-order valence-corrected chi connectivity index (χ4v) is 2.42. The van der Waals surface area contributed by atoms with Crippen LogP contribution in [0.5, 0.6) is 0 Å². The van der Waals surface area contributed by atoms with E-state index in [-0.39, 0.29) is 17.9 Å². The van der Waals surface area contributed by atoms with Crippen molar-refractivity contribution in [1.82, 2.24) is 10.2 Å². The second kappa shape index (κ2) is 6.89. The molecule has 1 rings (SSSR count). The van der Waals surface area contributed by atoms with Crippen LogP contribution < -0.4 is 5.32 Å². The minimum Gasteiger partial charge on any atom is -0.380 e. The number of carbonyl (C=O) groups excluding carboxylic acids is 2. The topological polar surface area (TPSA) is 58.6 Å². The van der Waals surface area contributed by atoms with Gasteiger partial charge in [-0.15, -0.1) is 0 Å². The third-order valence-electron chi connectivity index (χ3n) is 3.88. The monoisotopic (exact) mass is 270 g/mol. The van der Waals surface area contributed by atoms with Gasteiger partial charge in [-0.2, -0.15) is 0 Å². The summed E-state index contributed by atoms with van der Waals surface area (Å²) in [6, 6.07) is -0.376. The smallest absolute Gasteiger partial charge is 0.246 e. The van der Waals surface area contributed by atoms with Gasteiger partial charge in [0, 0.05) is 13.2 Å². The molecule has 0 bridgehead atoms. The van der Waals surface area contributed by atoms with Gasteiger partial charge in [-0.1, -0.05) is 20.3 Å². The van der Waals surface area contributed by atoms with E-state index < -0.39 is 5.54 Å². The lowest BCUT2D eigenvalue weighted by atomic mass is 9.89. The molecule has 0 aliphatic carbocycles. The predicted octanol–water partition coefficient (Wildman–Crippen LogP) is 1.32. The molecule has 0 aromatic rings. The van der Waals surface area contributed by atoms with Crippen LogP contribution >= 0.6 is 0 Å². The van der Waals surface area contributed by atoms with Crippen LogP contribution in [0.2, 0.25) is 0 Å². The van der Waals surface area contributed by atoms with Gasteiger partial charge in [0.05, 0.1) is 6.61 Å². The number of amides is 2. The van der Waals surface area contributed by atoms with E-state index in [2.05, 4.69) is 5.32 Å². The molecular weight excluding hydrogens is 244 g/mol. The van der Waals surface area contributed by atoms with Gasteiger partial charge in [-0.3, -0.25) is 9.59 Å². The Balaban J connectivity index is 2.87. The molecule has 2 atom stereocenters. The molecule has 0 aromatic heterocycles. The molecule has 5 heteroatoms. The van der Waals surface area contributed by atoms with Gasteiger partial charge >= 0.3 is 0 Å². The average Bonchev–Trinajstić information content (AvgIpc) is 2.40. The van der Waals surface area contributed by atoms with Crippen molar-refractivity contribution in [2.75, 3.05) is 19.8 Å². The largest absolute Gasteiger partial charge is 0.380 e. The van der Waals surface area contributed by atoms with Crippen LogP contribution in [0.3, 0.4) is 0 Å². The molecule has 0 aromatic carbocycles. The highest BCUT2D eigenvalue weighted by molar-refractivity contribution is 5.99. The zero-order chi connectivity index (χ0) is 14.5. The molecule has 1 fully saturated rings. The van der Waals surface area contributed by atoms with E-state index in [4.69, 9.17) is 4.74 Å². The number of rotatable bonds is 7. The van der Waals surface area contributed by atoms with E-state index in [1.807, 2.05) is 27.7 Å². The fourth-order valence-electron chi connectivity index (χ4n) is 2.42. The Bertz CT molecular complexity index is 333. The maximum Gasteiger partial charge on any atom is 0.246 e. The highest BCUT2D eigenvalue weighted by atomic mass is 16.5. The summed E-state index contributed by atoms with van der Waals surface area (Å²) >= 11 is 0. The SMILES string of the molecule is CCCC1NC(=O)C(C)(CC)N(CCOCC)C1=O. The first-order valence-electron chi connectivity index (χ1n) is 7.21. The van der Waals surface area contributed by atoms with Crippen molar-refractivity contribution in [3.05, 3.63) is 0 Å². The van der Waals surface area contributed by atoms with Crippen molar-refractivity contribution in [2.24, 2.45) is 0 Å². The summed E-state index contributed by atoms with van der Waals surface area (Å²) in [6.07, 6.45) is 2.17. The van der Waals surface area contributed by atoms with Crippen molar-refractivity contribution in [3.8, 4) is 0 Å². The van der Waals surface area contributed by atoms with Gasteiger partial charge in [0.25, 0.3) is 0 Å². The Labute approximate surface area is 115 Å². The summed E-state index contributed by atoms with van der Waals surface area (Å²) in [5.41, 5.74) is -0.752. The van der Waals surface area contributed by atoms with Crippen LogP contribution in [-0.4, -0.2) is 48.1 Å². The summed E-state index contributed by atoms with van der Waals surface area (Å²) < 4.78 is 5.33. The molecule has 0 saturated carbocycles. The Kier molecular flexibility index (Phi) is 5.79. The minimum atomic E-state index is -0.752. The lowest BCUT2D eigenvalue weighted by Crippen LogP contribution is -2.69. The Morgan fingerprint density at radius 3 is 2.53 bits per heavy atom. The van der Waals surface area contributed by atoms with Crippen molar-refractivity contribution >= 4 is 11.8 Å². The van der Waals surface area contributed by atoms with E-state index in [1.165, 1.54) is 0 Å². The number of piperazine rings is 1. The molecule has 110 valence electrons. The zero-order valence-corrected chi connectivity index (χ0v) is 12.5. The number of hydrogen-bond donors (Lipinski definition) is 1. The zero-order valence-electron chi connectivity index (χ0n) is 12.5. The van der Waals surface area contributed by atoms with Gasteiger partial charge in [0.2, 0.25) is 11.8 Å². The third-order valence-corrected chi connectivity index (χ3v) is 3.88. The van der Waals surface area contributed by atoms with E-state index in [0.29, 0.717) is 32.6 Å². The van der Waals surface area contributed by atoms with E-state index in [1.54, 1.807) is 4.90 Å². The minimum absolute atomic E-state index is 0.0190. The summed E-state index contributed by atoms with van der Waals surface area (Å²) in [7, 11) is 0. The maximum atomic E-state index is 12.5. The van der Waals surface area contributed by atoms with Crippen LogP contribution in [0, 0.1) is 0 Å². The Morgan fingerprint density at radius 1 is 1.32 bits per heavy atom. The highest BCUT2D eigenvalue weighted by Crippen LogP contribution is 2.25. The van der Waals surface area contributed by atoms with Crippen LogP contribution in [0.1, 0.15) is 47.0 Å². The fraction of sp³-hybridized carbons (Fsp3) is 0.857. The molecule has 19 heavy (non-hydrogen) atoms. The first-order chi connectivity index (χ1) is 9.01. The Hall–Kier alpha value is -1.10. The first-order valence-corrected chi connectivity index (χ1v) is 7.21. The molecule has 1 aliphatic rings. The van der Waals surface area contributed by atoms with Crippen molar-refractivity contribution in [3.63, 3.8) is 0 Å². The number of carbonyl (C=O) groups is 2. The lowest BCUT2D eigenvalue weighted by molar-refractivity contribution is -0.157. The van der Waals surface area contributed by atoms with Crippen LogP contribution in [0.4, 0.5) is 0 Å². The second-order valence-corrected chi connectivity index (χ2v) is 5.13. The molecule has 1 N–H and O–H groups in total. The van der Waals surface area contributed by atoms with Crippen LogP contribution in [0.15, 0.2) is 0 Å². The number of nitrogens with zero attached hydrogens (tertiary/aromatic N) is 1. The summed E-state index contributed by atoms with van der Waals surface area (Å²) in [6.45, 7) is 9.26. The average molecular weight is 270 g/mol. The molecule has 0 radical (unpaired) electrons. The summed E-state index contributed by atoms with van der Waals surface area (Å²) in [5.74, 6) is -0.0324. The molecule has 5 nitrogen and oxygen atoms in total. The lowest BCUT2D eigenvalue weighted by Gasteiger charge is -2.46. The summed E-state index contributed by atoms with van der Waals surface area (Å²) in [4.78, 5) is 26.5. The molecular formula is C14H26N2O3. The van der Waals surface area contributed by atoms with Crippen molar-refractivity contribution in [1.29, 1.82) is 0 Å². The maximum absolute atomic E-state index is 12.5. The van der Waals surface area contributed by atoms with Gasteiger partial charge < -0.3 is 15.0 Å². The second-order valence-electron chi connectivity index (χ2n) is 5.13. The van der Waals surface area contributed by atoms with Crippen LogP contribution in [-0.2, 0) is 14.3 Å². The standard InChI is InChI=1S/C14H26N2O3/c1-5-8-11-12(17)16(9-10-19-7-3)14(4,6-2)13(18)15-11/h11H,5-10H2,1-4H3,(H,15,18). The third kappa shape index (κ3) is 3.26. The first kappa shape index (κ1) is 16.0. The van der Waals surface area contributed by atoms with Gasteiger partial charge in [-0.05, 0) is 26.7 Å². The summed E-state index contributed by atoms with van der Waals surface area (Å²) in [5, 5.41) is 2.86. The quantitative estimate of drug-likeness (QED) is 0.710. The molecule has 1 aliphatic heterocycles. The Morgan fingerprint density at radius 2 is 2.00 bits per heavy atom. The number of hydrogen-bond acceptors (Lipinski definition) is 3.